The second kappa shape index (κ2) is 7.38. The van der Waals surface area contributed by atoms with Gasteiger partial charge in [-0.15, -0.1) is 0 Å². The van der Waals surface area contributed by atoms with E-state index in [0.717, 1.165) is 12.1 Å². The summed E-state index contributed by atoms with van der Waals surface area (Å²) in [6, 6.07) is 1.69. The lowest BCUT2D eigenvalue weighted by Crippen LogP contribution is -2.05. The van der Waals surface area contributed by atoms with Crippen molar-refractivity contribution in [1.82, 2.24) is 0 Å². The maximum atomic E-state index is 12.5. The molecular weight excluding hydrogens is 332 g/mol. The summed E-state index contributed by atoms with van der Waals surface area (Å²) in [6.45, 7) is 1.47. The smallest absolute Gasteiger partial charge is 0.288 e. The van der Waals surface area contributed by atoms with Gasteiger partial charge in [-0.1, -0.05) is 47.1 Å². The first-order valence-corrected chi connectivity index (χ1v) is 7.32. The average Bonchev–Trinajstić information content (AvgIpc) is 2.29. The summed E-state index contributed by atoms with van der Waals surface area (Å²) in [6.07, 6.45) is -0.604. The molecule has 0 heterocycles. The number of halogens is 5. The van der Waals surface area contributed by atoms with Crippen molar-refractivity contribution in [2.24, 2.45) is 0 Å². The molecule has 0 aliphatic heterocycles. The average molecular weight is 343 g/mol. The van der Waals surface area contributed by atoms with Crippen molar-refractivity contribution in [3.8, 4) is 0 Å². The molecule has 0 bridgehead atoms. The number of thioether (sulfide) groups is 1. The molecule has 0 fully saturated rings. The molecule has 0 aliphatic rings. The molecule has 0 aliphatic carbocycles. The lowest BCUT2D eigenvalue weighted by Gasteiger charge is -2.10. The van der Waals surface area contributed by atoms with Crippen molar-refractivity contribution >= 4 is 46.2 Å². The van der Waals surface area contributed by atoms with Crippen LogP contribution in [0.5, 0.6) is 0 Å². The van der Waals surface area contributed by atoms with E-state index >= 15 is 0 Å². The van der Waals surface area contributed by atoms with Crippen molar-refractivity contribution in [2.75, 3.05) is 5.75 Å². The van der Waals surface area contributed by atoms with Crippen LogP contribution in [0.4, 0.5) is 13.2 Å². The molecule has 1 aromatic carbocycles. The molecule has 0 saturated heterocycles. The first kappa shape index (κ1) is 17.4. The predicted octanol–water partition coefficient (Wildman–Crippen LogP) is 5.70. The second-order valence-electron chi connectivity index (χ2n) is 3.88. The summed E-state index contributed by atoms with van der Waals surface area (Å²) in [4.78, 5) is 10.7. The molecule has 0 amide bonds. The Labute approximate surface area is 129 Å². The van der Waals surface area contributed by atoms with E-state index in [-0.39, 0.29) is 15.2 Å². The van der Waals surface area contributed by atoms with Crippen LogP contribution in [-0.2, 0) is 11.0 Å². The molecule has 20 heavy (non-hydrogen) atoms. The van der Waals surface area contributed by atoms with Gasteiger partial charge in [0.2, 0.25) is 0 Å². The van der Waals surface area contributed by atoms with E-state index in [2.05, 4.69) is 0 Å². The van der Waals surface area contributed by atoms with Gasteiger partial charge in [0.1, 0.15) is 0 Å². The zero-order valence-corrected chi connectivity index (χ0v) is 12.8. The zero-order valence-electron chi connectivity index (χ0n) is 10.4. The Balaban J connectivity index is 2.82. The molecule has 0 radical (unpaired) electrons. The third-order valence-electron chi connectivity index (χ3n) is 2.28. The van der Waals surface area contributed by atoms with Crippen LogP contribution in [0, 0.1) is 0 Å². The van der Waals surface area contributed by atoms with Crippen molar-refractivity contribution in [1.29, 1.82) is 0 Å². The van der Waals surface area contributed by atoms with Crippen LogP contribution in [0.15, 0.2) is 18.2 Å². The third kappa shape index (κ3) is 5.38. The topological polar surface area (TPSA) is 17.1 Å². The van der Waals surface area contributed by atoms with Crippen LogP contribution < -0.4 is 0 Å². The maximum Gasteiger partial charge on any atom is 0.416 e. The van der Waals surface area contributed by atoms with Crippen LogP contribution in [0.1, 0.15) is 24.5 Å². The highest BCUT2D eigenvalue weighted by atomic mass is 35.5. The second-order valence-corrected chi connectivity index (χ2v) is 5.97. The van der Waals surface area contributed by atoms with Crippen LogP contribution in [0.3, 0.4) is 0 Å². The normalized spacial score (nSPS) is 12.1. The van der Waals surface area contributed by atoms with Crippen molar-refractivity contribution in [3.63, 3.8) is 0 Å². The van der Waals surface area contributed by atoms with E-state index < -0.39 is 11.7 Å². The molecule has 0 aromatic heterocycles. The molecule has 1 nitrogen and oxygen atoms in total. The molecule has 110 valence electrons. The van der Waals surface area contributed by atoms with Gasteiger partial charge in [0.05, 0.1) is 5.56 Å². The SMILES string of the molecule is CC(=O)SCCC=Cc1c(Cl)cc(C(F)(F)F)cc1Cl. The summed E-state index contributed by atoms with van der Waals surface area (Å²) in [5, 5.41) is -0.0930. The third-order valence-corrected chi connectivity index (χ3v) is 3.75. The number of hydrogen-bond donors (Lipinski definition) is 0. The molecule has 0 N–H and O–H groups in total. The number of carbonyl (C=O) groups is 1. The van der Waals surface area contributed by atoms with E-state index in [1.807, 2.05) is 0 Å². The minimum atomic E-state index is -4.48. The summed E-state index contributed by atoms with van der Waals surface area (Å²) in [5.74, 6) is 0.599. The van der Waals surface area contributed by atoms with Gasteiger partial charge in [-0.05, 0) is 18.6 Å². The van der Waals surface area contributed by atoms with E-state index in [0.29, 0.717) is 17.7 Å². The van der Waals surface area contributed by atoms with Gasteiger partial charge >= 0.3 is 6.18 Å². The Morgan fingerprint density at radius 2 is 1.85 bits per heavy atom. The van der Waals surface area contributed by atoms with Gasteiger partial charge < -0.3 is 0 Å². The van der Waals surface area contributed by atoms with Crippen LogP contribution in [0.25, 0.3) is 6.08 Å². The fourth-order valence-corrected chi connectivity index (χ4v) is 2.53. The number of alkyl halides is 3. The lowest BCUT2D eigenvalue weighted by atomic mass is 10.1. The van der Waals surface area contributed by atoms with Crippen molar-refractivity contribution in [2.45, 2.75) is 19.5 Å². The standard InChI is InChI=1S/C13H11Cl2F3OS/c1-8(19)20-5-3-2-4-10-11(14)6-9(7-12(10)15)13(16,17)18/h2,4,6-7H,3,5H2,1H3. The fourth-order valence-electron chi connectivity index (χ4n) is 1.38. The number of carbonyl (C=O) groups excluding carboxylic acids is 1. The Bertz CT molecular complexity index is 504. The quantitative estimate of drug-likeness (QED) is 0.653. The predicted molar refractivity (Wildman–Crippen MR) is 78.3 cm³/mol. The van der Waals surface area contributed by atoms with E-state index in [1.165, 1.54) is 18.7 Å². The Kier molecular flexibility index (Phi) is 6.43. The van der Waals surface area contributed by atoms with Crippen LogP contribution in [-0.4, -0.2) is 10.9 Å². The minimum absolute atomic E-state index is 0.0176. The lowest BCUT2D eigenvalue weighted by molar-refractivity contribution is -0.137. The van der Waals surface area contributed by atoms with Crippen LogP contribution >= 0.6 is 35.0 Å². The Morgan fingerprint density at radius 1 is 1.30 bits per heavy atom. The first-order valence-electron chi connectivity index (χ1n) is 5.58. The van der Waals surface area contributed by atoms with Gasteiger partial charge in [-0.3, -0.25) is 4.79 Å². The molecule has 1 rings (SSSR count). The van der Waals surface area contributed by atoms with Gasteiger partial charge in [-0.25, -0.2) is 0 Å². The highest BCUT2D eigenvalue weighted by Gasteiger charge is 2.31. The first-order chi connectivity index (χ1) is 9.21. The van der Waals surface area contributed by atoms with Gasteiger partial charge in [0.15, 0.2) is 5.12 Å². The van der Waals surface area contributed by atoms with Gasteiger partial charge in [-0.2, -0.15) is 13.2 Å². The Hall–Kier alpha value is -0.650. The number of hydrogen-bond acceptors (Lipinski definition) is 2. The molecule has 0 unspecified atom stereocenters. The monoisotopic (exact) mass is 342 g/mol. The molecule has 7 heteroatoms. The largest absolute Gasteiger partial charge is 0.416 e. The fraction of sp³-hybridized carbons (Fsp3) is 0.308. The molecular formula is C13H11Cl2F3OS. The van der Waals surface area contributed by atoms with E-state index in [1.54, 1.807) is 12.2 Å². The molecule has 1 aromatic rings. The van der Waals surface area contributed by atoms with Crippen LogP contribution in [0.2, 0.25) is 10.0 Å². The van der Waals surface area contributed by atoms with E-state index in [4.69, 9.17) is 23.2 Å². The highest BCUT2D eigenvalue weighted by Crippen LogP contribution is 2.36. The number of benzene rings is 1. The molecule has 0 saturated carbocycles. The van der Waals surface area contributed by atoms with Crippen molar-refractivity contribution in [3.05, 3.63) is 39.4 Å². The molecule has 0 atom stereocenters. The summed E-state index contributed by atoms with van der Waals surface area (Å²) < 4.78 is 37.6. The van der Waals surface area contributed by atoms with Crippen molar-refractivity contribution < 1.29 is 18.0 Å². The Morgan fingerprint density at radius 3 is 2.30 bits per heavy atom. The summed E-state index contributed by atoms with van der Waals surface area (Å²) in [5.41, 5.74) is -0.536. The minimum Gasteiger partial charge on any atom is -0.288 e. The molecule has 0 spiro atoms. The summed E-state index contributed by atoms with van der Waals surface area (Å²) in [7, 11) is 0. The maximum absolute atomic E-state index is 12.5. The zero-order chi connectivity index (χ0) is 15.3. The van der Waals surface area contributed by atoms with E-state index in [9.17, 15) is 18.0 Å². The number of allylic oxidation sites excluding steroid dienone is 1. The number of rotatable bonds is 4. The highest BCUT2D eigenvalue weighted by molar-refractivity contribution is 8.13. The van der Waals surface area contributed by atoms with Gasteiger partial charge in [0, 0.05) is 28.3 Å². The van der Waals surface area contributed by atoms with Gasteiger partial charge in [0.25, 0.3) is 0 Å². The summed E-state index contributed by atoms with van der Waals surface area (Å²) >= 11 is 12.8.